The van der Waals surface area contributed by atoms with Gasteiger partial charge in [0.2, 0.25) is 5.91 Å². The Morgan fingerprint density at radius 3 is 2.95 bits per heavy atom. The van der Waals surface area contributed by atoms with Crippen molar-refractivity contribution < 1.29 is 9.59 Å². The molecule has 0 unspecified atom stereocenters. The van der Waals surface area contributed by atoms with Crippen LogP contribution in [0.25, 0.3) is 16.9 Å². The normalized spacial score (nSPS) is 16.2. The molecule has 3 heterocycles. The van der Waals surface area contributed by atoms with Crippen LogP contribution in [0.4, 0.5) is 10.5 Å². The van der Waals surface area contributed by atoms with Gasteiger partial charge in [0.1, 0.15) is 12.2 Å². The average Bonchev–Trinajstić information content (AvgIpc) is 3.60. The summed E-state index contributed by atoms with van der Waals surface area (Å²) in [5, 5.41) is 20.6. The van der Waals surface area contributed by atoms with E-state index in [1.54, 1.807) is 16.9 Å². The van der Waals surface area contributed by atoms with Crippen LogP contribution in [0.2, 0.25) is 5.02 Å². The molecule has 4 aromatic rings. The minimum atomic E-state index is -0.382. The summed E-state index contributed by atoms with van der Waals surface area (Å²) >= 11 is 6.21. The SMILES string of the molecule is O=C(CCc1cc(Cl)ccc1-n1cnnn1)N[C@H]1C/C=C/CNC(=O)Nc2ccccc2-c2c[nH]c1n2. The number of amides is 3. The summed E-state index contributed by atoms with van der Waals surface area (Å²) < 4.78 is 1.54. The molecule has 2 aromatic heterocycles. The van der Waals surface area contributed by atoms with Gasteiger partial charge in [-0.15, -0.1) is 5.10 Å². The molecule has 2 bridgehead atoms. The summed E-state index contributed by atoms with van der Waals surface area (Å²) in [5.74, 6) is 0.483. The molecule has 0 aliphatic carbocycles. The fourth-order valence-corrected chi connectivity index (χ4v) is 4.30. The van der Waals surface area contributed by atoms with Crippen molar-refractivity contribution >= 4 is 29.2 Å². The van der Waals surface area contributed by atoms with E-state index in [1.165, 1.54) is 6.33 Å². The highest BCUT2D eigenvalue weighted by Crippen LogP contribution is 2.28. The van der Waals surface area contributed by atoms with Crippen molar-refractivity contribution in [1.29, 1.82) is 0 Å². The molecule has 0 saturated heterocycles. The van der Waals surface area contributed by atoms with Crippen molar-refractivity contribution in [2.45, 2.75) is 25.3 Å². The molecule has 0 saturated carbocycles. The highest BCUT2D eigenvalue weighted by atomic mass is 35.5. The van der Waals surface area contributed by atoms with Crippen molar-refractivity contribution in [1.82, 2.24) is 40.8 Å². The van der Waals surface area contributed by atoms with Gasteiger partial charge in [-0.2, -0.15) is 0 Å². The largest absolute Gasteiger partial charge is 0.346 e. The number of H-pyrrole nitrogens is 1. The molecule has 1 atom stereocenters. The van der Waals surface area contributed by atoms with Crippen LogP contribution in [0.5, 0.6) is 0 Å². The van der Waals surface area contributed by atoms with Crippen molar-refractivity contribution in [2.75, 3.05) is 11.9 Å². The van der Waals surface area contributed by atoms with Gasteiger partial charge in [0.25, 0.3) is 0 Å². The molecular weight excluding hydrogens is 494 g/mol. The molecular formula is C25H24ClN9O2. The van der Waals surface area contributed by atoms with E-state index in [9.17, 15) is 9.59 Å². The first-order valence-electron chi connectivity index (χ1n) is 11.7. The van der Waals surface area contributed by atoms with E-state index in [0.29, 0.717) is 41.6 Å². The lowest BCUT2D eigenvalue weighted by Gasteiger charge is -2.16. The van der Waals surface area contributed by atoms with Gasteiger partial charge in [-0.3, -0.25) is 4.79 Å². The van der Waals surface area contributed by atoms with E-state index in [2.05, 4.69) is 36.5 Å². The zero-order valence-corrected chi connectivity index (χ0v) is 20.4. The van der Waals surface area contributed by atoms with E-state index >= 15 is 0 Å². The Kier molecular flexibility index (Phi) is 7.22. The van der Waals surface area contributed by atoms with Gasteiger partial charge >= 0.3 is 6.03 Å². The monoisotopic (exact) mass is 517 g/mol. The Hall–Kier alpha value is -4.51. The molecule has 0 radical (unpaired) electrons. The first kappa shape index (κ1) is 24.2. The van der Waals surface area contributed by atoms with Crippen LogP contribution in [0.1, 0.15) is 30.3 Å². The lowest BCUT2D eigenvalue weighted by molar-refractivity contribution is -0.121. The number of hydrogen-bond acceptors (Lipinski definition) is 6. The molecule has 4 N–H and O–H groups in total. The highest BCUT2D eigenvalue weighted by Gasteiger charge is 2.20. The predicted octanol–water partition coefficient (Wildman–Crippen LogP) is 3.58. The average molecular weight is 518 g/mol. The van der Waals surface area contributed by atoms with Gasteiger partial charge in [0.15, 0.2) is 0 Å². The van der Waals surface area contributed by atoms with Crippen LogP contribution >= 0.6 is 11.6 Å². The summed E-state index contributed by atoms with van der Waals surface area (Å²) in [4.78, 5) is 33.2. The number of anilines is 1. The maximum Gasteiger partial charge on any atom is 0.319 e. The fraction of sp³-hybridized carbons (Fsp3) is 0.200. The Labute approximate surface area is 217 Å². The molecule has 3 amide bonds. The molecule has 188 valence electrons. The maximum atomic E-state index is 13.0. The second-order valence-corrected chi connectivity index (χ2v) is 8.84. The van der Waals surface area contributed by atoms with Crippen LogP contribution in [-0.4, -0.2) is 48.7 Å². The molecule has 1 aliphatic rings. The number of urea groups is 1. The van der Waals surface area contributed by atoms with Crippen molar-refractivity contribution in [3.05, 3.63) is 83.6 Å². The van der Waals surface area contributed by atoms with Gasteiger partial charge in [-0.1, -0.05) is 42.0 Å². The number of rotatable bonds is 5. The van der Waals surface area contributed by atoms with E-state index in [1.807, 2.05) is 48.6 Å². The number of aromatic amines is 1. The molecule has 12 heteroatoms. The number of aromatic nitrogens is 6. The second kappa shape index (κ2) is 11.0. The summed E-state index contributed by atoms with van der Waals surface area (Å²) in [6.07, 6.45) is 8.19. The Morgan fingerprint density at radius 1 is 1.19 bits per heavy atom. The lowest BCUT2D eigenvalue weighted by atomic mass is 10.1. The summed E-state index contributed by atoms with van der Waals surface area (Å²) in [5.41, 5.74) is 3.69. The number of hydrogen-bond donors (Lipinski definition) is 4. The first-order valence-corrected chi connectivity index (χ1v) is 12.1. The van der Waals surface area contributed by atoms with Gasteiger partial charge in [0.05, 0.1) is 23.1 Å². The zero-order chi connectivity index (χ0) is 25.6. The van der Waals surface area contributed by atoms with Gasteiger partial charge < -0.3 is 20.9 Å². The minimum Gasteiger partial charge on any atom is -0.346 e. The van der Waals surface area contributed by atoms with Crippen LogP contribution in [-0.2, 0) is 11.2 Å². The van der Waals surface area contributed by atoms with Crippen LogP contribution in [0.15, 0.2) is 67.1 Å². The fourth-order valence-electron chi connectivity index (χ4n) is 4.11. The summed E-state index contributed by atoms with van der Waals surface area (Å²) in [6.45, 7) is 0.353. The maximum absolute atomic E-state index is 13.0. The standard InChI is InChI=1S/C25H24ClN9O2/c26-17-9-10-22(35-15-29-33-34-35)16(13-17)8-11-23(36)30-20-7-3-4-12-27-25(37)32-19-6-2-1-5-18(19)21-14-28-24(20)31-21/h1-6,9-10,13-15,20H,7-8,11-12H2,(H,28,31)(H,30,36)(H2,27,32,37)/b4-3+/t20-/m0/s1. The van der Waals surface area contributed by atoms with Gasteiger partial charge in [-0.25, -0.2) is 14.5 Å². The predicted molar refractivity (Wildman–Crippen MR) is 138 cm³/mol. The van der Waals surface area contributed by atoms with Gasteiger partial charge in [-0.05, 0) is 53.1 Å². The Morgan fingerprint density at radius 2 is 2.08 bits per heavy atom. The third kappa shape index (κ3) is 5.84. The minimum absolute atomic E-state index is 0.140. The quantitative estimate of drug-likeness (QED) is 0.298. The van der Waals surface area contributed by atoms with E-state index in [0.717, 1.165) is 16.8 Å². The van der Waals surface area contributed by atoms with Crippen molar-refractivity contribution in [2.24, 2.45) is 0 Å². The number of carbonyl (C=O) groups excluding carboxylic acids is 2. The van der Waals surface area contributed by atoms with E-state index < -0.39 is 0 Å². The Bertz CT molecular complexity index is 1430. The second-order valence-electron chi connectivity index (χ2n) is 8.41. The lowest BCUT2D eigenvalue weighted by Crippen LogP contribution is -2.29. The number of nitrogens with one attached hydrogen (secondary N) is 4. The highest BCUT2D eigenvalue weighted by molar-refractivity contribution is 6.30. The Balaban J connectivity index is 1.34. The van der Waals surface area contributed by atoms with Crippen LogP contribution < -0.4 is 16.0 Å². The zero-order valence-electron chi connectivity index (χ0n) is 19.7. The molecule has 37 heavy (non-hydrogen) atoms. The molecule has 0 spiro atoms. The number of para-hydroxylation sites is 1. The number of halogens is 1. The molecule has 2 aromatic carbocycles. The first-order chi connectivity index (χ1) is 18.1. The topological polar surface area (TPSA) is 143 Å². The van der Waals surface area contributed by atoms with Crippen LogP contribution in [0, 0.1) is 0 Å². The summed E-state index contributed by atoms with van der Waals surface area (Å²) in [6, 6.07) is 12.1. The number of aryl methyl sites for hydroxylation is 1. The molecule has 5 rings (SSSR count). The molecule has 1 aliphatic heterocycles. The summed E-state index contributed by atoms with van der Waals surface area (Å²) in [7, 11) is 0. The number of nitrogens with zero attached hydrogens (tertiary/aromatic N) is 5. The van der Waals surface area contributed by atoms with Crippen LogP contribution in [0.3, 0.4) is 0 Å². The van der Waals surface area contributed by atoms with Gasteiger partial charge in [0, 0.05) is 29.7 Å². The molecule has 11 nitrogen and oxygen atoms in total. The third-order valence-corrected chi connectivity index (χ3v) is 6.13. The molecule has 0 fully saturated rings. The number of carbonyl (C=O) groups is 2. The van der Waals surface area contributed by atoms with Crippen molar-refractivity contribution in [3.63, 3.8) is 0 Å². The number of tetrazole rings is 1. The smallest absolute Gasteiger partial charge is 0.319 e. The van der Waals surface area contributed by atoms with E-state index in [-0.39, 0.29) is 24.4 Å². The third-order valence-electron chi connectivity index (χ3n) is 5.89. The number of imidazole rings is 1. The number of benzene rings is 2. The number of fused-ring (bicyclic) bond motifs is 4. The van der Waals surface area contributed by atoms with Crippen molar-refractivity contribution in [3.8, 4) is 16.9 Å². The van der Waals surface area contributed by atoms with E-state index in [4.69, 9.17) is 16.6 Å².